The van der Waals surface area contributed by atoms with Crippen molar-refractivity contribution >= 4 is 17.7 Å². The number of carbonyl (C=O) groups excluding carboxylic acids is 3. The van der Waals surface area contributed by atoms with Gasteiger partial charge in [-0.3, -0.25) is 14.2 Å². The van der Waals surface area contributed by atoms with Crippen LogP contribution >= 0.6 is 0 Å². The quantitative estimate of drug-likeness (QED) is 0.765. The van der Waals surface area contributed by atoms with Crippen molar-refractivity contribution in [1.82, 2.24) is 15.2 Å². The number of ketones is 1. The van der Waals surface area contributed by atoms with E-state index in [1.165, 1.54) is 4.57 Å². The zero-order valence-corrected chi connectivity index (χ0v) is 17.8. The van der Waals surface area contributed by atoms with Gasteiger partial charge in [0.05, 0.1) is 6.10 Å². The Balaban J connectivity index is 1.73. The third-order valence-electron chi connectivity index (χ3n) is 5.60. The number of aromatic nitrogens is 1. The molecule has 2 amide bonds. The average Bonchev–Trinajstić information content (AvgIpc) is 3.29. The molecule has 0 spiro atoms. The molecular weight excluding hydrogens is 382 g/mol. The lowest BCUT2D eigenvalue weighted by molar-refractivity contribution is -0.130. The number of carbonyl (C=O) groups is 3. The van der Waals surface area contributed by atoms with Crippen molar-refractivity contribution in [2.75, 3.05) is 6.61 Å². The summed E-state index contributed by atoms with van der Waals surface area (Å²) in [4.78, 5) is 38.0. The van der Waals surface area contributed by atoms with Gasteiger partial charge in [0.1, 0.15) is 18.2 Å². The van der Waals surface area contributed by atoms with Crippen LogP contribution in [0.1, 0.15) is 34.1 Å². The van der Waals surface area contributed by atoms with Gasteiger partial charge in [-0.1, -0.05) is 44.2 Å². The van der Waals surface area contributed by atoms with Gasteiger partial charge in [-0.05, 0) is 43.4 Å². The van der Waals surface area contributed by atoms with E-state index in [-0.39, 0.29) is 24.2 Å². The van der Waals surface area contributed by atoms with Crippen molar-refractivity contribution in [2.45, 2.75) is 51.8 Å². The first kappa shape index (κ1) is 21.8. The molecule has 0 bridgehead atoms. The van der Waals surface area contributed by atoms with Crippen molar-refractivity contribution < 1.29 is 19.1 Å². The van der Waals surface area contributed by atoms with E-state index in [0.29, 0.717) is 6.42 Å². The van der Waals surface area contributed by atoms with Crippen LogP contribution in [0, 0.1) is 5.92 Å². The molecule has 2 N–H and O–H groups in total. The van der Waals surface area contributed by atoms with Crippen molar-refractivity contribution in [1.29, 1.82) is 0 Å². The number of rotatable bonds is 6. The molecule has 0 aliphatic carbocycles. The Morgan fingerprint density at radius 2 is 1.90 bits per heavy atom. The minimum Gasteiger partial charge on any atom is -0.368 e. The third-order valence-corrected chi connectivity index (χ3v) is 5.60. The number of nitrogens with zero attached hydrogens (tertiary/aromatic N) is 1. The van der Waals surface area contributed by atoms with Crippen LogP contribution in [0.5, 0.6) is 0 Å². The van der Waals surface area contributed by atoms with Gasteiger partial charge in [0.25, 0.3) is 0 Å². The Kier molecular flexibility index (Phi) is 6.41. The summed E-state index contributed by atoms with van der Waals surface area (Å²) in [7, 11) is 0. The highest BCUT2D eigenvalue weighted by Gasteiger charge is 2.47. The molecule has 1 aromatic carbocycles. The van der Waals surface area contributed by atoms with Gasteiger partial charge in [-0.2, -0.15) is 0 Å². The molecule has 2 aromatic rings. The van der Waals surface area contributed by atoms with E-state index in [9.17, 15) is 14.4 Å². The van der Waals surface area contributed by atoms with Gasteiger partial charge in [-0.25, -0.2) is 4.79 Å². The summed E-state index contributed by atoms with van der Waals surface area (Å²) in [6, 6.07) is 10.4. The fourth-order valence-corrected chi connectivity index (χ4v) is 3.51. The second-order valence-corrected chi connectivity index (χ2v) is 8.37. The molecule has 1 aliphatic rings. The number of nitrogens with one attached hydrogen (secondary N) is 2. The third kappa shape index (κ3) is 4.62. The summed E-state index contributed by atoms with van der Waals surface area (Å²) in [6.07, 6.45) is 3.42. The molecule has 1 fully saturated rings. The lowest BCUT2D eigenvalue weighted by atomic mass is 9.92. The van der Waals surface area contributed by atoms with E-state index in [0.717, 1.165) is 11.1 Å². The smallest absolute Gasteiger partial charge is 0.326 e. The van der Waals surface area contributed by atoms with Crippen LogP contribution < -0.4 is 10.6 Å². The van der Waals surface area contributed by atoms with Crippen molar-refractivity contribution in [2.24, 2.45) is 5.92 Å². The molecule has 3 rings (SSSR count). The maximum atomic E-state index is 13.0. The zero-order valence-electron chi connectivity index (χ0n) is 17.8. The second-order valence-electron chi connectivity index (χ2n) is 8.37. The summed E-state index contributed by atoms with van der Waals surface area (Å²) < 4.78 is 6.81. The maximum Gasteiger partial charge on any atom is 0.326 e. The number of Topliss-reactive ketones (excluding diaryl/α,β-unsaturated/α-hetero) is 1. The topological polar surface area (TPSA) is 89.4 Å². The van der Waals surface area contributed by atoms with Crippen LogP contribution in [-0.2, 0) is 14.3 Å². The molecule has 1 aromatic heterocycles. The minimum atomic E-state index is -1.09. The molecule has 1 saturated heterocycles. The molecule has 160 valence electrons. The van der Waals surface area contributed by atoms with E-state index >= 15 is 0 Å². The summed E-state index contributed by atoms with van der Waals surface area (Å²) in [6.45, 7) is 7.35. The first-order chi connectivity index (χ1) is 14.2. The molecule has 3 unspecified atom stereocenters. The molecule has 0 saturated carbocycles. The van der Waals surface area contributed by atoms with Crippen LogP contribution in [0.2, 0.25) is 0 Å². The van der Waals surface area contributed by atoms with Gasteiger partial charge in [-0.15, -0.1) is 0 Å². The van der Waals surface area contributed by atoms with E-state index < -0.39 is 23.7 Å². The fourth-order valence-electron chi connectivity index (χ4n) is 3.51. The normalized spacial score (nSPS) is 22.2. The van der Waals surface area contributed by atoms with Crippen LogP contribution in [0.4, 0.5) is 4.79 Å². The van der Waals surface area contributed by atoms with Crippen molar-refractivity contribution in [3.8, 4) is 11.1 Å². The SMILES string of the molecule is CC(C)CC(NC(=O)n1ccc(-c2ccccc2)c1)C(=O)NC1(C)C(=O)COC1C. The van der Waals surface area contributed by atoms with Crippen molar-refractivity contribution in [3.05, 3.63) is 48.8 Å². The largest absolute Gasteiger partial charge is 0.368 e. The zero-order chi connectivity index (χ0) is 21.9. The Morgan fingerprint density at radius 1 is 1.20 bits per heavy atom. The van der Waals surface area contributed by atoms with Gasteiger partial charge < -0.3 is 15.4 Å². The van der Waals surface area contributed by atoms with Gasteiger partial charge in [0.15, 0.2) is 5.78 Å². The lowest BCUT2D eigenvalue weighted by Gasteiger charge is -2.30. The number of ether oxygens (including phenoxy) is 1. The fraction of sp³-hybridized carbons (Fsp3) is 0.435. The highest BCUT2D eigenvalue weighted by Crippen LogP contribution is 2.23. The number of amides is 2. The van der Waals surface area contributed by atoms with Gasteiger partial charge in [0.2, 0.25) is 5.91 Å². The Morgan fingerprint density at radius 3 is 2.50 bits per heavy atom. The van der Waals surface area contributed by atoms with Gasteiger partial charge in [0, 0.05) is 12.4 Å². The van der Waals surface area contributed by atoms with Gasteiger partial charge >= 0.3 is 6.03 Å². The first-order valence-corrected chi connectivity index (χ1v) is 10.2. The number of hydrogen-bond acceptors (Lipinski definition) is 4. The summed E-state index contributed by atoms with van der Waals surface area (Å²) in [5, 5.41) is 5.62. The molecule has 3 atom stereocenters. The summed E-state index contributed by atoms with van der Waals surface area (Å²) in [5.74, 6) is -0.386. The van der Waals surface area contributed by atoms with Crippen LogP contribution in [0.15, 0.2) is 48.8 Å². The predicted molar refractivity (Wildman–Crippen MR) is 114 cm³/mol. The monoisotopic (exact) mass is 411 g/mol. The Bertz CT molecular complexity index is 922. The molecular formula is C23H29N3O4. The molecule has 0 radical (unpaired) electrons. The van der Waals surface area contributed by atoms with Crippen molar-refractivity contribution in [3.63, 3.8) is 0 Å². The van der Waals surface area contributed by atoms with E-state index in [4.69, 9.17) is 4.74 Å². The summed E-state index contributed by atoms with van der Waals surface area (Å²) in [5.41, 5.74) is 0.818. The highest BCUT2D eigenvalue weighted by atomic mass is 16.5. The Labute approximate surface area is 176 Å². The van der Waals surface area contributed by atoms with Crippen LogP contribution in [0.3, 0.4) is 0 Å². The maximum absolute atomic E-state index is 13.0. The second kappa shape index (κ2) is 8.83. The minimum absolute atomic E-state index is 0.0230. The number of benzene rings is 1. The molecule has 1 aliphatic heterocycles. The molecule has 7 heteroatoms. The van der Waals surface area contributed by atoms with Crippen LogP contribution in [-0.4, -0.2) is 46.6 Å². The predicted octanol–water partition coefficient (Wildman–Crippen LogP) is 2.99. The van der Waals surface area contributed by atoms with E-state index in [1.54, 1.807) is 26.2 Å². The highest BCUT2D eigenvalue weighted by molar-refractivity contribution is 5.97. The Hall–Kier alpha value is -2.93. The lowest BCUT2D eigenvalue weighted by Crippen LogP contribution is -2.60. The van der Waals surface area contributed by atoms with Crippen LogP contribution in [0.25, 0.3) is 11.1 Å². The first-order valence-electron chi connectivity index (χ1n) is 10.2. The standard InChI is InChI=1S/C23H29N3O4/c1-15(2)12-19(21(28)25-23(4)16(3)30-14-20(23)27)24-22(29)26-11-10-18(13-26)17-8-6-5-7-9-17/h5-11,13,15-16,19H,12,14H2,1-4H3,(H,24,29)(H,25,28). The molecule has 7 nitrogen and oxygen atoms in total. The molecule has 30 heavy (non-hydrogen) atoms. The molecule has 2 heterocycles. The number of hydrogen-bond donors (Lipinski definition) is 2. The van der Waals surface area contributed by atoms with E-state index in [2.05, 4.69) is 10.6 Å². The summed E-state index contributed by atoms with van der Waals surface area (Å²) >= 11 is 0. The average molecular weight is 412 g/mol. The van der Waals surface area contributed by atoms with E-state index in [1.807, 2.05) is 50.2 Å².